The maximum atomic E-state index is 12.8. The number of fused-ring (bicyclic) bond motifs is 1. The zero-order chi connectivity index (χ0) is 20.1. The van der Waals surface area contributed by atoms with E-state index in [2.05, 4.69) is 31.2 Å². The minimum atomic E-state index is 0.255. The van der Waals surface area contributed by atoms with Gasteiger partial charge >= 0.3 is 0 Å². The quantitative estimate of drug-likeness (QED) is 0.677. The number of carbonyl (C=O) groups is 1. The molecule has 0 radical (unpaired) electrons. The fourth-order valence-electron chi connectivity index (χ4n) is 4.16. The normalized spacial score (nSPS) is 20.4. The SMILES string of the molecule is CCN(Cc1ccccc1)C(=O)C[NH+]1CC[NH+](Cc2ccc3c(c2)OCO3)CC1. The van der Waals surface area contributed by atoms with E-state index in [0.29, 0.717) is 19.9 Å². The summed E-state index contributed by atoms with van der Waals surface area (Å²) in [4.78, 5) is 17.7. The van der Waals surface area contributed by atoms with Crippen LogP contribution in [0.3, 0.4) is 0 Å². The number of nitrogens with zero attached hydrogens (tertiary/aromatic N) is 1. The van der Waals surface area contributed by atoms with Gasteiger partial charge in [-0.05, 0) is 30.7 Å². The number of likely N-dealkylation sites (N-methyl/N-ethyl adjacent to an activating group) is 1. The van der Waals surface area contributed by atoms with E-state index in [9.17, 15) is 4.79 Å². The summed E-state index contributed by atoms with van der Waals surface area (Å²) in [5.41, 5.74) is 2.47. The van der Waals surface area contributed by atoms with Crippen LogP contribution in [0.5, 0.6) is 11.5 Å². The fraction of sp³-hybridized carbons (Fsp3) is 0.435. The Morgan fingerprint density at radius 3 is 2.41 bits per heavy atom. The van der Waals surface area contributed by atoms with Crippen molar-refractivity contribution in [1.82, 2.24) is 4.90 Å². The minimum absolute atomic E-state index is 0.255. The molecule has 2 aromatic carbocycles. The molecule has 1 fully saturated rings. The number of ether oxygens (including phenoxy) is 2. The van der Waals surface area contributed by atoms with Gasteiger partial charge in [-0.2, -0.15) is 0 Å². The molecule has 0 aliphatic carbocycles. The number of amides is 1. The lowest BCUT2D eigenvalue weighted by Gasteiger charge is -2.31. The molecule has 29 heavy (non-hydrogen) atoms. The van der Waals surface area contributed by atoms with Crippen LogP contribution >= 0.6 is 0 Å². The van der Waals surface area contributed by atoms with Gasteiger partial charge in [0.1, 0.15) is 32.7 Å². The first-order valence-corrected chi connectivity index (χ1v) is 10.6. The Balaban J connectivity index is 1.24. The lowest BCUT2D eigenvalue weighted by Crippen LogP contribution is -3.28. The van der Waals surface area contributed by atoms with Gasteiger partial charge in [0.25, 0.3) is 5.91 Å². The first-order chi connectivity index (χ1) is 14.2. The molecule has 1 saturated heterocycles. The molecule has 2 aliphatic heterocycles. The van der Waals surface area contributed by atoms with Gasteiger partial charge in [0.15, 0.2) is 18.0 Å². The summed E-state index contributed by atoms with van der Waals surface area (Å²) < 4.78 is 10.9. The topological polar surface area (TPSA) is 47.7 Å². The van der Waals surface area contributed by atoms with Crippen molar-refractivity contribution in [3.05, 3.63) is 59.7 Å². The van der Waals surface area contributed by atoms with E-state index in [0.717, 1.165) is 50.8 Å². The number of nitrogens with one attached hydrogen (secondary N) is 2. The summed E-state index contributed by atoms with van der Waals surface area (Å²) in [6, 6.07) is 16.5. The molecule has 6 nitrogen and oxygen atoms in total. The van der Waals surface area contributed by atoms with E-state index in [-0.39, 0.29) is 5.91 Å². The smallest absolute Gasteiger partial charge is 0.278 e. The summed E-state index contributed by atoms with van der Waals surface area (Å²) in [5, 5.41) is 0. The molecule has 6 heteroatoms. The average Bonchev–Trinajstić information content (AvgIpc) is 3.22. The van der Waals surface area contributed by atoms with Gasteiger partial charge in [-0.1, -0.05) is 30.3 Å². The number of benzene rings is 2. The highest BCUT2D eigenvalue weighted by atomic mass is 16.7. The van der Waals surface area contributed by atoms with Crippen LogP contribution in [0.1, 0.15) is 18.1 Å². The van der Waals surface area contributed by atoms with Crippen LogP contribution in [-0.2, 0) is 17.9 Å². The maximum Gasteiger partial charge on any atom is 0.278 e. The average molecular weight is 398 g/mol. The number of hydrogen-bond donors (Lipinski definition) is 2. The first kappa shape index (κ1) is 19.7. The number of quaternary nitrogens is 2. The molecule has 2 aliphatic rings. The Morgan fingerprint density at radius 2 is 1.66 bits per heavy atom. The van der Waals surface area contributed by atoms with Crippen LogP contribution < -0.4 is 19.3 Å². The number of piperazine rings is 1. The van der Waals surface area contributed by atoms with E-state index in [1.54, 1.807) is 4.90 Å². The summed E-state index contributed by atoms with van der Waals surface area (Å²) in [5.74, 6) is 1.95. The van der Waals surface area contributed by atoms with Crippen molar-refractivity contribution in [2.45, 2.75) is 20.0 Å². The van der Waals surface area contributed by atoms with Gasteiger partial charge in [0.05, 0.1) is 0 Å². The molecule has 154 valence electrons. The summed E-state index contributed by atoms with van der Waals surface area (Å²) in [6.45, 7) is 9.66. The predicted molar refractivity (Wildman–Crippen MR) is 110 cm³/mol. The molecule has 4 rings (SSSR count). The lowest BCUT2D eigenvalue weighted by molar-refractivity contribution is -1.02. The Hall–Kier alpha value is -2.57. The zero-order valence-electron chi connectivity index (χ0n) is 17.2. The van der Waals surface area contributed by atoms with Gasteiger partial charge in [0, 0.05) is 18.7 Å². The van der Waals surface area contributed by atoms with E-state index >= 15 is 0 Å². The standard InChI is InChI=1S/C23H29N3O3/c1-2-26(16-19-6-4-3-5-7-19)23(27)17-25-12-10-24(11-13-25)15-20-8-9-21-22(14-20)29-18-28-21/h3-9,14H,2,10-13,15-18H2,1H3/p+2. The van der Waals surface area contributed by atoms with Gasteiger partial charge in [-0.3, -0.25) is 4.79 Å². The Bertz CT molecular complexity index is 819. The second-order valence-electron chi connectivity index (χ2n) is 7.93. The highest BCUT2D eigenvalue weighted by Gasteiger charge is 2.27. The van der Waals surface area contributed by atoms with Crippen molar-refractivity contribution in [3.63, 3.8) is 0 Å². The van der Waals surface area contributed by atoms with E-state index < -0.39 is 0 Å². The zero-order valence-corrected chi connectivity index (χ0v) is 17.2. The number of rotatable bonds is 7. The molecule has 0 spiro atoms. The van der Waals surface area contributed by atoms with Crippen molar-refractivity contribution in [2.24, 2.45) is 0 Å². The van der Waals surface area contributed by atoms with E-state index in [1.807, 2.05) is 29.2 Å². The van der Waals surface area contributed by atoms with Crippen molar-refractivity contribution in [3.8, 4) is 11.5 Å². The lowest BCUT2D eigenvalue weighted by atomic mass is 10.1. The Morgan fingerprint density at radius 1 is 0.931 bits per heavy atom. The fourth-order valence-corrected chi connectivity index (χ4v) is 4.16. The van der Waals surface area contributed by atoms with Crippen LogP contribution in [-0.4, -0.2) is 56.9 Å². The third-order valence-electron chi connectivity index (χ3n) is 5.91. The molecule has 0 atom stereocenters. The summed E-state index contributed by atoms with van der Waals surface area (Å²) in [6.07, 6.45) is 0. The van der Waals surface area contributed by atoms with Crippen molar-refractivity contribution in [2.75, 3.05) is 46.1 Å². The summed E-state index contributed by atoms with van der Waals surface area (Å²) in [7, 11) is 0. The largest absolute Gasteiger partial charge is 0.454 e. The first-order valence-electron chi connectivity index (χ1n) is 10.6. The van der Waals surface area contributed by atoms with Crippen LogP contribution in [0, 0.1) is 0 Å². The van der Waals surface area contributed by atoms with Crippen molar-refractivity contribution < 1.29 is 24.1 Å². The molecule has 2 N–H and O–H groups in total. The van der Waals surface area contributed by atoms with Gasteiger partial charge in [0.2, 0.25) is 6.79 Å². The monoisotopic (exact) mass is 397 g/mol. The van der Waals surface area contributed by atoms with Crippen LogP contribution in [0.4, 0.5) is 0 Å². The van der Waals surface area contributed by atoms with Crippen LogP contribution in [0.15, 0.2) is 48.5 Å². The third-order valence-corrected chi connectivity index (χ3v) is 5.91. The molecule has 0 aromatic heterocycles. The molecular formula is C23H31N3O3+2. The van der Waals surface area contributed by atoms with Crippen LogP contribution in [0.25, 0.3) is 0 Å². The van der Waals surface area contributed by atoms with E-state index in [1.165, 1.54) is 16.0 Å². The number of hydrogen-bond acceptors (Lipinski definition) is 3. The molecule has 0 unspecified atom stereocenters. The molecule has 2 heterocycles. The van der Waals surface area contributed by atoms with Crippen LogP contribution in [0.2, 0.25) is 0 Å². The highest BCUT2D eigenvalue weighted by Crippen LogP contribution is 2.32. The molecule has 0 bridgehead atoms. The molecule has 1 amide bonds. The maximum absolute atomic E-state index is 12.8. The molecule has 0 saturated carbocycles. The van der Waals surface area contributed by atoms with Crippen molar-refractivity contribution >= 4 is 5.91 Å². The van der Waals surface area contributed by atoms with E-state index in [4.69, 9.17) is 9.47 Å². The van der Waals surface area contributed by atoms with Gasteiger partial charge < -0.3 is 24.2 Å². The predicted octanol–water partition coefficient (Wildman–Crippen LogP) is -0.253. The summed E-state index contributed by atoms with van der Waals surface area (Å²) >= 11 is 0. The van der Waals surface area contributed by atoms with Crippen molar-refractivity contribution in [1.29, 1.82) is 0 Å². The van der Waals surface area contributed by atoms with Gasteiger partial charge in [-0.15, -0.1) is 0 Å². The number of carbonyl (C=O) groups excluding carboxylic acids is 1. The third kappa shape index (κ3) is 5.08. The van der Waals surface area contributed by atoms with Gasteiger partial charge in [-0.25, -0.2) is 0 Å². The Labute approximate surface area is 172 Å². The second kappa shape index (κ2) is 9.29. The minimum Gasteiger partial charge on any atom is -0.454 e. The molecular weight excluding hydrogens is 366 g/mol. The second-order valence-corrected chi connectivity index (χ2v) is 7.93. The highest BCUT2D eigenvalue weighted by molar-refractivity contribution is 5.77. The molecule has 2 aromatic rings. The Kier molecular flexibility index (Phi) is 6.32.